The number of hydrogen-bond donors (Lipinski definition) is 3. The summed E-state index contributed by atoms with van der Waals surface area (Å²) < 4.78 is 5.34. The number of fused-ring (bicyclic) bond motifs is 1. The minimum absolute atomic E-state index is 0.165. The zero-order chi connectivity index (χ0) is 10.7. The fourth-order valence-electron chi connectivity index (χ4n) is 1.19. The molecule has 6 nitrogen and oxygen atoms in total. The molecule has 0 spiro atoms. The van der Waals surface area contributed by atoms with Gasteiger partial charge >= 0.3 is 6.09 Å². The molecule has 0 bridgehead atoms. The third-order valence-corrected chi connectivity index (χ3v) is 1.84. The zero-order valence-corrected chi connectivity index (χ0v) is 7.73. The van der Waals surface area contributed by atoms with Gasteiger partial charge in [0.2, 0.25) is 0 Å². The molecule has 15 heavy (non-hydrogen) atoms. The molecule has 1 aromatic heterocycles. The predicted octanol–water partition coefficient (Wildman–Crippen LogP) is 0.995. The highest BCUT2D eigenvalue weighted by Crippen LogP contribution is 2.24. The lowest BCUT2D eigenvalue weighted by Crippen LogP contribution is -2.24. The maximum atomic E-state index is 10.4. The SMILES string of the molecule is O=C(O)NC1=CNc2ccncc2OC1. The van der Waals surface area contributed by atoms with Crippen LogP contribution in [0.2, 0.25) is 0 Å². The fraction of sp³-hybridized carbons (Fsp3) is 0.111. The first-order chi connectivity index (χ1) is 7.25. The topological polar surface area (TPSA) is 83.5 Å². The first-order valence-electron chi connectivity index (χ1n) is 4.28. The number of hydrogen-bond acceptors (Lipinski definition) is 4. The molecule has 1 amide bonds. The van der Waals surface area contributed by atoms with Crippen LogP contribution in [-0.2, 0) is 0 Å². The van der Waals surface area contributed by atoms with Crippen LogP contribution in [0.25, 0.3) is 0 Å². The third kappa shape index (κ3) is 2.16. The molecule has 6 heteroatoms. The summed E-state index contributed by atoms with van der Waals surface area (Å²) in [6, 6.07) is 1.75. The number of amides is 1. The van der Waals surface area contributed by atoms with Crippen LogP contribution >= 0.6 is 0 Å². The van der Waals surface area contributed by atoms with E-state index in [1.807, 2.05) is 0 Å². The number of carbonyl (C=O) groups is 1. The van der Waals surface area contributed by atoms with Gasteiger partial charge in [0.1, 0.15) is 6.61 Å². The van der Waals surface area contributed by atoms with Gasteiger partial charge in [-0.15, -0.1) is 0 Å². The van der Waals surface area contributed by atoms with Gasteiger partial charge in [0.05, 0.1) is 17.6 Å². The van der Waals surface area contributed by atoms with E-state index in [1.54, 1.807) is 24.7 Å². The van der Waals surface area contributed by atoms with E-state index < -0.39 is 6.09 Å². The molecular weight excluding hydrogens is 198 g/mol. The second-order valence-electron chi connectivity index (χ2n) is 2.90. The molecule has 0 saturated heterocycles. The molecule has 0 saturated carbocycles. The summed E-state index contributed by atoms with van der Waals surface area (Å²) in [5, 5.41) is 13.7. The minimum atomic E-state index is -1.12. The average molecular weight is 207 g/mol. The first-order valence-corrected chi connectivity index (χ1v) is 4.28. The number of aromatic nitrogens is 1. The van der Waals surface area contributed by atoms with E-state index in [0.717, 1.165) is 5.69 Å². The van der Waals surface area contributed by atoms with Crippen LogP contribution in [0, 0.1) is 0 Å². The van der Waals surface area contributed by atoms with Crippen LogP contribution < -0.4 is 15.4 Å². The lowest BCUT2D eigenvalue weighted by Gasteiger charge is -2.06. The molecule has 1 aromatic rings. The highest BCUT2D eigenvalue weighted by molar-refractivity contribution is 5.67. The summed E-state index contributed by atoms with van der Waals surface area (Å²) in [7, 11) is 0. The molecular formula is C9H9N3O3. The number of nitrogens with one attached hydrogen (secondary N) is 2. The molecule has 0 unspecified atom stereocenters. The van der Waals surface area contributed by atoms with Gasteiger partial charge in [0.25, 0.3) is 0 Å². The van der Waals surface area contributed by atoms with Crippen molar-refractivity contribution in [3.8, 4) is 5.75 Å². The van der Waals surface area contributed by atoms with E-state index in [4.69, 9.17) is 9.84 Å². The van der Waals surface area contributed by atoms with Gasteiger partial charge < -0.3 is 15.2 Å². The smallest absolute Gasteiger partial charge is 0.409 e. The van der Waals surface area contributed by atoms with E-state index in [2.05, 4.69) is 15.6 Å². The minimum Gasteiger partial charge on any atom is -0.484 e. The van der Waals surface area contributed by atoms with Crippen molar-refractivity contribution in [2.45, 2.75) is 0 Å². The van der Waals surface area contributed by atoms with Gasteiger partial charge in [0, 0.05) is 12.4 Å². The van der Waals surface area contributed by atoms with Crippen molar-refractivity contribution >= 4 is 11.8 Å². The number of nitrogens with zero attached hydrogens (tertiary/aromatic N) is 1. The molecule has 0 aromatic carbocycles. The van der Waals surface area contributed by atoms with Gasteiger partial charge in [-0.05, 0) is 6.07 Å². The fourth-order valence-corrected chi connectivity index (χ4v) is 1.19. The molecule has 0 aliphatic carbocycles. The van der Waals surface area contributed by atoms with Crippen molar-refractivity contribution in [2.75, 3.05) is 11.9 Å². The molecule has 1 aliphatic heterocycles. The monoisotopic (exact) mass is 207 g/mol. The van der Waals surface area contributed by atoms with E-state index in [9.17, 15) is 4.79 Å². The Balaban J connectivity index is 2.15. The van der Waals surface area contributed by atoms with Crippen LogP contribution in [-0.4, -0.2) is 22.8 Å². The van der Waals surface area contributed by atoms with E-state index >= 15 is 0 Å². The number of anilines is 1. The van der Waals surface area contributed by atoms with Crippen molar-refractivity contribution in [1.29, 1.82) is 0 Å². The lowest BCUT2D eigenvalue weighted by molar-refractivity contribution is 0.195. The van der Waals surface area contributed by atoms with E-state index in [0.29, 0.717) is 11.4 Å². The maximum absolute atomic E-state index is 10.4. The number of ether oxygens (including phenoxy) is 1. The molecule has 78 valence electrons. The largest absolute Gasteiger partial charge is 0.484 e. The first kappa shape index (κ1) is 9.32. The Labute approximate surface area is 85.6 Å². The summed E-state index contributed by atoms with van der Waals surface area (Å²) >= 11 is 0. The number of rotatable bonds is 1. The van der Waals surface area contributed by atoms with Crippen molar-refractivity contribution in [3.05, 3.63) is 30.4 Å². The van der Waals surface area contributed by atoms with Crippen LogP contribution in [0.1, 0.15) is 0 Å². The summed E-state index contributed by atoms with van der Waals surface area (Å²) in [4.78, 5) is 14.3. The van der Waals surface area contributed by atoms with Gasteiger partial charge in [-0.1, -0.05) is 0 Å². The Morgan fingerprint density at radius 2 is 2.53 bits per heavy atom. The highest BCUT2D eigenvalue weighted by atomic mass is 16.5. The predicted molar refractivity (Wildman–Crippen MR) is 52.6 cm³/mol. The Morgan fingerprint density at radius 1 is 1.67 bits per heavy atom. The van der Waals surface area contributed by atoms with E-state index in [1.165, 1.54) is 0 Å². The Kier molecular flexibility index (Phi) is 2.40. The molecule has 0 radical (unpaired) electrons. The van der Waals surface area contributed by atoms with Crippen LogP contribution in [0.3, 0.4) is 0 Å². The Morgan fingerprint density at radius 3 is 3.33 bits per heavy atom. The quantitative estimate of drug-likeness (QED) is 0.639. The third-order valence-electron chi connectivity index (χ3n) is 1.84. The van der Waals surface area contributed by atoms with Crippen molar-refractivity contribution in [3.63, 3.8) is 0 Å². The standard InChI is InChI=1S/C9H9N3O3/c13-9(14)12-6-3-11-7-1-2-10-4-8(7)15-5-6/h1-4,11-12H,5H2,(H,13,14). The maximum Gasteiger partial charge on any atom is 0.409 e. The second kappa shape index (κ2) is 3.87. The van der Waals surface area contributed by atoms with Gasteiger partial charge in [-0.25, -0.2) is 4.79 Å². The normalized spacial score (nSPS) is 13.7. The summed E-state index contributed by atoms with van der Waals surface area (Å²) in [6.45, 7) is 0.165. The summed E-state index contributed by atoms with van der Waals surface area (Å²) in [5.41, 5.74) is 1.20. The van der Waals surface area contributed by atoms with Crippen molar-refractivity contribution in [1.82, 2.24) is 10.3 Å². The molecule has 0 fully saturated rings. The van der Waals surface area contributed by atoms with Crippen LogP contribution in [0.15, 0.2) is 30.4 Å². The number of carboxylic acid groups (broad SMARTS) is 1. The lowest BCUT2D eigenvalue weighted by atomic mass is 10.4. The summed E-state index contributed by atoms with van der Waals surface area (Å²) in [5.74, 6) is 0.593. The van der Waals surface area contributed by atoms with Gasteiger partial charge in [0.15, 0.2) is 5.75 Å². The van der Waals surface area contributed by atoms with Crippen molar-refractivity contribution < 1.29 is 14.6 Å². The molecule has 2 heterocycles. The molecule has 1 aliphatic rings. The molecule has 2 rings (SSSR count). The summed E-state index contributed by atoms with van der Waals surface area (Å²) in [6.07, 6.45) is 3.63. The molecule has 3 N–H and O–H groups in total. The van der Waals surface area contributed by atoms with Gasteiger partial charge in [-0.2, -0.15) is 0 Å². The van der Waals surface area contributed by atoms with Crippen molar-refractivity contribution in [2.24, 2.45) is 0 Å². The highest BCUT2D eigenvalue weighted by Gasteiger charge is 2.10. The Hall–Kier alpha value is -2.24. The van der Waals surface area contributed by atoms with E-state index in [-0.39, 0.29) is 6.61 Å². The number of pyridine rings is 1. The second-order valence-corrected chi connectivity index (χ2v) is 2.90. The molecule has 0 atom stereocenters. The average Bonchev–Trinajstić information content (AvgIpc) is 2.41. The zero-order valence-electron chi connectivity index (χ0n) is 7.73. The Bertz CT molecular complexity index is 417. The van der Waals surface area contributed by atoms with Crippen LogP contribution in [0.5, 0.6) is 5.75 Å². The van der Waals surface area contributed by atoms with Crippen LogP contribution in [0.4, 0.5) is 10.5 Å². The van der Waals surface area contributed by atoms with Gasteiger partial charge in [-0.3, -0.25) is 10.3 Å².